The van der Waals surface area contributed by atoms with E-state index in [0.29, 0.717) is 0 Å². The summed E-state index contributed by atoms with van der Waals surface area (Å²) >= 11 is 3.48. The molecule has 1 N–H and O–H groups in total. The third kappa shape index (κ3) is 3.50. The van der Waals surface area contributed by atoms with Gasteiger partial charge in [0.15, 0.2) is 0 Å². The summed E-state index contributed by atoms with van der Waals surface area (Å²) in [6.45, 7) is 3.12. The summed E-state index contributed by atoms with van der Waals surface area (Å²) < 4.78 is 15.2. The zero-order valence-corrected chi connectivity index (χ0v) is 14.3. The Morgan fingerprint density at radius 3 is 2.86 bits per heavy atom. The third-order valence-corrected chi connectivity index (χ3v) is 5.89. The number of hydrogen-bond donors (Lipinski definition) is 1. The standard InChI is InChI=1S/C18H25BrFN/c1-2-7-21-18(16-11-15(19)5-6-17(16)20)10-14-9-12-3-4-13(14)8-12/h5-6,11-14,18,21H,2-4,7-10H2,1H3. The van der Waals surface area contributed by atoms with Crippen LogP contribution in [0.2, 0.25) is 0 Å². The van der Waals surface area contributed by atoms with E-state index in [2.05, 4.69) is 28.2 Å². The van der Waals surface area contributed by atoms with Crippen LogP contribution in [-0.2, 0) is 0 Å². The molecule has 3 heteroatoms. The van der Waals surface area contributed by atoms with Gasteiger partial charge in [0.25, 0.3) is 0 Å². The van der Waals surface area contributed by atoms with Crippen LogP contribution < -0.4 is 5.32 Å². The normalized spacial score (nSPS) is 29.0. The summed E-state index contributed by atoms with van der Waals surface area (Å²) in [7, 11) is 0. The van der Waals surface area contributed by atoms with Gasteiger partial charge in [-0.1, -0.05) is 29.3 Å². The maximum atomic E-state index is 14.2. The van der Waals surface area contributed by atoms with Crippen molar-refractivity contribution in [3.63, 3.8) is 0 Å². The molecule has 1 aromatic carbocycles. The van der Waals surface area contributed by atoms with Crippen LogP contribution in [0.25, 0.3) is 0 Å². The van der Waals surface area contributed by atoms with Crippen molar-refractivity contribution in [2.45, 2.75) is 51.5 Å². The first kappa shape index (κ1) is 15.5. The SMILES string of the molecule is CCCNC(CC1CC2CCC1C2)c1cc(Br)ccc1F. The molecule has 21 heavy (non-hydrogen) atoms. The zero-order valence-electron chi connectivity index (χ0n) is 12.7. The minimum atomic E-state index is -0.0741. The monoisotopic (exact) mass is 353 g/mol. The van der Waals surface area contributed by atoms with Gasteiger partial charge in [-0.2, -0.15) is 0 Å². The van der Waals surface area contributed by atoms with Crippen molar-refractivity contribution in [3.05, 3.63) is 34.1 Å². The Hall–Kier alpha value is -0.410. The van der Waals surface area contributed by atoms with Gasteiger partial charge in [-0.3, -0.25) is 0 Å². The molecule has 1 nitrogen and oxygen atoms in total. The lowest BCUT2D eigenvalue weighted by molar-refractivity contribution is 0.276. The van der Waals surface area contributed by atoms with Crippen molar-refractivity contribution in [2.75, 3.05) is 6.54 Å². The van der Waals surface area contributed by atoms with Gasteiger partial charge in [0.2, 0.25) is 0 Å². The van der Waals surface area contributed by atoms with Crippen LogP contribution in [0.4, 0.5) is 4.39 Å². The molecule has 2 aliphatic rings. The van der Waals surface area contributed by atoms with Crippen molar-refractivity contribution in [1.29, 1.82) is 0 Å². The summed E-state index contributed by atoms with van der Waals surface area (Å²) in [6, 6.07) is 5.48. The molecule has 116 valence electrons. The van der Waals surface area contributed by atoms with Gasteiger partial charge in [0.1, 0.15) is 5.82 Å². The maximum Gasteiger partial charge on any atom is 0.128 e. The van der Waals surface area contributed by atoms with Crippen LogP contribution in [0.5, 0.6) is 0 Å². The van der Waals surface area contributed by atoms with E-state index in [1.807, 2.05) is 6.07 Å². The zero-order chi connectivity index (χ0) is 14.8. The first-order chi connectivity index (χ1) is 10.2. The first-order valence-corrected chi connectivity index (χ1v) is 9.15. The molecule has 2 aliphatic carbocycles. The van der Waals surface area contributed by atoms with Crippen LogP contribution in [-0.4, -0.2) is 6.54 Å². The summed E-state index contributed by atoms with van der Waals surface area (Å²) in [4.78, 5) is 0. The third-order valence-electron chi connectivity index (χ3n) is 5.40. The highest BCUT2D eigenvalue weighted by Gasteiger charge is 2.40. The van der Waals surface area contributed by atoms with E-state index in [-0.39, 0.29) is 11.9 Å². The van der Waals surface area contributed by atoms with Gasteiger partial charge in [0, 0.05) is 16.1 Å². The van der Waals surface area contributed by atoms with Crippen LogP contribution in [0.3, 0.4) is 0 Å². The molecule has 4 unspecified atom stereocenters. The Morgan fingerprint density at radius 1 is 1.33 bits per heavy atom. The van der Waals surface area contributed by atoms with Gasteiger partial charge >= 0.3 is 0 Å². The molecular weight excluding hydrogens is 329 g/mol. The van der Waals surface area contributed by atoms with E-state index >= 15 is 0 Å². The maximum absolute atomic E-state index is 14.2. The van der Waals surface area contributed by atoms with E-state index < -0.39 is 0 Å². The molecule has 0 radical (unpaired) electrons. The lowest BCUT2D eigenvalue weighted by atomic mass is 9.82. The molecule has 1 aromatic rings. The number of halogens is 2. The van der Waals surface area contributed by atoms with Crippen LogP contribution in [0.15, 0.2) is 22.7 Å². The number of benzene rings is 1. The lowest BCUT2D eigenvalue weighted by Gasteiger charge is -2.28. The van der Waals surface area contributed by atoms with E-state index in [1.165, 1.54) is 25.7 Å². The Kier molecular flexibility index (Phi) is 5.00. The Labute approximate surface area is 135 Å². The summed E-state index contributed by atoms with van der Waals surface area (Å²) in [5.41, 5.74) is 0.834. The summed E-state index contributed by atoms with van der Waals surface area (Å²) in [5.74, 6) is 2.57. The van der Waals surface area contributed by atoms with Crippen molar-refractivity contribution in [2.24, 2.45) is 17.8 Å². The molecule has 0 aromatic heterocycles. The average Bonchev–Trinajstić information content (AvgIpc) is 3.08. The molecule has 0 heterocycles. The summed E-state index contributed by atoms with van der Waals surface area (Å²) in [6.07, 6.45) is 7.80. The molecule has 0 amide bonds. The number of nitrogens with one attached hydrogen (secondary N) is 1. The quantitative estimate of drug-likeness (QED) is 0.716. The topological polar surface area (TPSA) is 12.0 Å². The largest absolute Gasteiger partial charge is 0.310 e. The van der Waals surface area contributed by atoms with E-state index in [9.17, 15) is 4.39 Å². The second-order valence-corrected chi connectivity index (χ2v) is 7.76. The fraction of sp³-hybridized carbons (Fsp3) is 0.667. The van der Waals surface area contributed by atoms with Gasteiger partial charge < -0.3 is 5.32 Å². The molecule has 0 saturated heterocycles. The Balaban J connectivity index is 1.75. The fourth-order valence-corrected chi connectivity index (χ4v) is 4.77. The van der Waals surface area contributed by atoms with Gasteiger partial charge in [-0.05, 0) is 74.6 Å². The van der Waals surface area contributed by atoms with E-state index in [1.54, 1.807) is 12.1 Å². The summed E-state index contributed by atoms with van der Waals surface area (Å²) in [5, 5.41) is 3.58. The van der Waals surface area contributed by atoms with Gasteiger partial charge in [0.05, 0.1) is 0 Å². The van der Waals surface area contributed by atoms with Gasteiger partial charge in [-0.15, -0.1) is 0 Å². The molecule has 2 fully saturated rings. The molecule has 4 atom stereocenters. The van der Waals surface area contributed by atoms with Crippen LogP contribution >= 0.6 is 15.9 Å². The average molecular weight is 354 g/mol. The molecule has 2 saturated carbocycles. The van der Waals surface area contributed by atoms with Crippen LogP contribution in [0, 0.1) is 23.6 Å². The molecular formula is C18H25BrFN. The van der Waals surface area contributed by atoms with E-state index in [0.717, 1.165) is 47.2 Å². The Morgan fingerprint density at radius 2 is 2.19 bits per heavy atom. The fourth-order valence-electron chi connectivity index (χ4n) is 4.39. The van der Waals surface area contributed by atoms with Gasteiger partial charge in [-0.25, -0.2) is 4.39 Å². The van der Waals surface area contributed by atoms with Crippen molar-refractivity contribution in [3.8, 4) is 0 Å². The molecule has 2 bridgehead atoms. The number of rotatable bonds is 6. The smallest absolute Gasteiger partial charge is 0.128 e. The Bertz CT molecular complexity index is 490. The van der Waals surface area contributed by atoms with Crippen molar-refractivity contribution >= 4 is 15.9 Å². The highest BCUT2D eigenvalue weighted by atomic mass is 79.9. The first-order valence-electron chi connectivity index (χ1n) is 8.35. The van der Waals surface area contributed by atoms with Crippen LogP contribution in [0.1, 0.15) is 57.1 Å². The minimum Gasteiger partial charge on any atom is -0.310 e. The second-order valence-electron chi connectivity index (χ2n) is 6.84. The highest BCUT2D eigenvalue weighted by Crippen LogP contribution is 2.51. The van der Waals surface area contributed by atoms with E-state index in [4.69, 9.17) is 0 Å². The predicted molar refractivity (Wildman–Crippen MR) is 88.7 cm³/mol. The minimum absolute atomic E-state index is 0.0741. The second kappa shape index (κ2) is 6.78. The molecule has 0 aliphatic heterocycles. The molecule has 0 spiro atoms. The predicted octanol–water partition coefficient (Wildman–Crippen LogP) is 5.46. The number of hydrogen-bond acceptors (Lipinski definition) is 1. The number of fused-ring (bicyclic) bond motifs is 2. The molecule has 3 rings (SSSR count). The van der Waals surface area contributed by atoms with Crippen molar-refractivity contribution < 1.29 is 4.39 Å². The van der Waals surface area contributed by atoms with Crippen molar-refractivity contribution in [1.82, 2.24) is 5.32 Å². The highest BCUT2D eigenvalue weighted by molar-refractivity contribution is 9.10. The lowest BCUT2D eigenvalue weighted by Crippen LogP contribution is -2.27.